The summed E-state index contributed by atoms with van der Waals surface area (Å²) >= 11 is 7.41. The van der Waals surface area contributed by atoms with Gasteiger partial charge in [-0.25, -0.2) is 0 Å². The lowest BCUT2D eigenvalue weighted by atomic mass is 9.72. The second kappa shape index (κ2) is 4.28. The van der Waals surface area contributed by atoms with Crippen LogP contribution in [0.5, 0.6) is 0 Å². The number of ether oxygens (including phenoxy) is 2. The summed E-state index contributed by atoms with van der Waals surface area (Å²) in [5.74, 6) is 0.727. The second-order valence-corrected chi connectivity index (χ2v) is 8.56. The molecule has 0 amide bonds. The van der Waals surface area contributed by atoms with Gasteiger partial charge in [0.15, 0.2) is 6.29 Å². The summed E-state index contributed by atoms with van der Waals surface area (Å²) in [4.78, 5) is 0. The Hall–Kier alpha value is 0.880. The van der Waals surface area contributed by atoms with Crippen molar-refractivity contribution < 1.29 is 9.47 Å². The molecule has 0 heterocycles. The molecule has 0 aliphatic heterocycles. The smallest absolute Gasteiger partial charge is 0.154 e. The minimum Gasteiger partial charge on any atom is -0.353 e. The first-order valence-electron chi connectivity index (χ1n) is 5.60. The van der Waals surface area contributed by atoms with Crippen LogP contribution in [0.25, 0.3) is 0 Å². The van der Waals surface area contributed by atoms with Crippen LogP contribution in [-0.4, -0.2) is 22.7 Å². The molecule has 15 heavy (non-hydrogen) atoms. The van der Waals surface area contributed by atoms with Gasteiger partial charge in [-0.15, -0.1) is 0 Å². The van der Waals surface area contributed by atoms with Crippen LogP contribution in [0.4, 0.5) is 0 Å². The van der Waals surface area contributed by atoms with Gasteiger partial charge in [0.25, 0.3) is 0 Å². The Bertz CT molecular complexity index is 237. The van der Waals surface area contributed by atoms with Crippen LogP contribution in [0.2, 0.25) is 0 Å². The van der Waals surface area contributed by atoms with Gasteiger partial charge in [0.1, 0.15) is 0 Å². The molecule has 0 saturated heterocycles. The third-order valence-electron chi connectivity index (χ3n) is 3.54. The van der Waals surface area contributed by atoms with E-state index >= 15 is 0 Å². The summed E-state index contributed by atoms with van der Waals surface area (Å²) in [7, 11) is 0. The fraction of sp³-hybridized carbons (Fsp3) is 1.00. The van der Waals surface area contributed by atoms with E-state index in [1.807, 2.05) is 13.8 Å². The van der Waals surface area contributed by atoms with Crippen molar-refractivity contribution in [2.45, 2.75) is 42.6 Å². The average molecular weight is 342 g/mol. The first-order chi connectivity index (χ1) is 6.99. The van der Waals surface area contributed by atoms with Crippen LogP contribution >= 0.6 is 31.9 Å². The van der Waals surface area contributed by atoms with Gasteiger partial charge in [-0.2, -0.15) is 0 Å². The molecule has 4 heteroatoms. The van der Waals surface area contributed by atoms with E-state index in [-0.39, 0.29) is 9.52 Å². The Balaban J connectivity index is 1.61. The first kappa shape index (κ1) is 12.3. The minimum absolute atomic E-state index is 0.0524. The van der Waals surface area contributed by atoms with Crippen molar-refractivity contribution in [2.75, 3.05) is 13.2 Å². The van der Waals surface area contributed by atoms with Crippen LogP contribution in [0.15, 0.2) is 0 Å². The van der Waals surface area contributed by atoms with E-state index in [1.54, 1.807) is 0 Å². The SMILES string of the molecule is CCO[C@@H](C)OCC1CC2(C1)CC2(Br)Br. The molecular weight excluding hydrogens is 324 g/mol. The van der Waals surface area contributed by atoms with E-state index in [1.165, 1.54) is 19.3 Å². The third kappa shape index (κ3) is 2.43. The molecule has 0 radical (unpaired) electrons. The monoisotopic (exact) mass is 340 g/mol. The average Bonchev–Trinajstić information content (AvgIpc) is 2.64. The summed E-state index contributed by atoms with van der Waals surface area (Å²) < 4.78 is 11.2. The third-order valence-corrected chi connectivity index (χ3v) is 5.78. The van der Waals surface area contributed by atoms with Crippen molar-refractivity contribution in [3.8, 4) is 0 Å². The number of alkyl halides is 2. The van der Waals surface area contributed by atoms with Crippen molar-refractivity contribution in [2.24, 2.45) is 11.3 Å². The van der Waals surface area contributed by atoms with Crippen molar-refractivity contribution >= 4 is 31.9 Å². The Kier molecular flexibility index (Phi) is 3.52. The van der Waals surface area contributed by atoms with Crippen LogP contribution in [0.1, 0.15) is 33.1 Å². The van der Waals surface area contributed by atoms with Crippen LogP contribution in [0.3, 0.4) is 0 Å². The Morgan fingerprint density at radius 3 is 2.40 bits per heavy atom. The van der Waals surface area contributed by atoms with Gasteiger partial charge in [0.2, 0.25) is 0 Å². The lowest BCUT2D eigenvalue weighted by Gasteiger charge is -2.37. The molecule has 0 aromatic rings. The van der Waals surface area contributed by atoms with Gasteiger partial charge in [-0.3, -0.25) is 0 Å². The molecule has 0 N–H and O–H groups in total. The highest BCUT2D eigenvalue weighted by molar-refractivity contribution is 9.25. The van der Waals surface area contributed by atoms with Crippen molar-refractivity contribution in [1.82, 2.24) is 0 Å². The minimum atomic E-state index is -0.0524. The van der Waals surface area contributed by atoms with Gasteiger partial charge in [-0.05, 0) is 44.4 Å². The molecule has 88 valence electrons. The molecule has 2 rings (SSSR count). The quantitative estimate of drug-likeness (QED) is 0.561. The van der Waals surface area contributed by atoms with E-state index in [0.29, 0.717) is 5.41 Å². The maximum absolute atomic E-state index is 5.62. The van der Waals surface area contributed by atoms with E-state index in [2.05, 4.69) is 31.9 Å². The van der Waals surface area contributed by atoms with Gasteiger partial charge < -0.3 is 9.47 Å². The van der Waals surface area contributed by atoms with Crippen LogP contribution < -0.4 is 0 Å². The van der Waals surface area contributed by atoms with Crippen molar-refractivity contribution in [1.29, 1.82) is 0 Å². The molecule has 2 nitrogen and oxygen atoms in total. The molecule has 2 aliphatic rings. The Morgan fingerprint density at radius 1 is 1.33 bits per heavy atom. The predicted molar refractivity (Wildman–Crippen MR) is 67.4 cm³/mol. The summed E-state index contributed by atoms with van der Waals surface area (Å²) in [6.07, 6.45) is 3.77. The number of hydrogen-bond acceptors (Lipinski definition) is 2. The summed E-state index contributed by atoms with van der Waals surface area (Å²) in [5, 5.41) is 0. The van der Waals surface area contributed by atoms with Crippen LogP contribution in [0, 0.1) is 11.3 Å². The molecule has 2 aliphatic carbocycles. The van der Waals surface area contributed by atoms with Gasteiger partial charge in [-0.1, -0.05) is 31.9 Å². The second-order valence-electron chi connectivity index (χ2n) is 4.79. The molecule has 0 unspecified atom stereocenters. The Morgan fingerprint density at radius 2 is 1.93 bits per heavy atom. The lowest BCUT2D eigenvalue weighted by Crippen LogP contribution is -2.33. The molecule has 2 saturated carbocycles. The topological polar surface area (TPSA) is 18.5 Å². The number of hydrogen-bond donors (Lipinski definition) is 0. The summed E-state index contributed by atoms with van der Waals surface area (Å²) in [6.45, 7) is 5.53. The van der Waals surface area contributed by atoms with Crippen LogP contribution in [-0.2, 0) is 9.47 Å². The fourth-order valence-corrected chi connectivity index (χ4v) is 4.26. The van der Waals surface area contributed by atoms with Gasteiger partial charge in [0.05, 0.1) is 9.84 Å². The summed E-state index contributed by atoms with van der Waals surface area (Å²) in [5.41, 5.74) is 0.538. The van der Waals surface area contributed by atoms with Gasteiger partial charge in [0, 0.05) is 6.61 Å². The molecule has 1 atom stereocenters. The molecule has 0 aromatic heterocycles. The zero-order chi connectivity index (χ0) is 11.1. The van der Waals surface area contributed by atoms with E-state index < -0.39 is 0 Å². The summed E-state index contributed by atoms with van der Waals surface area (Å²) in [6, 6.07) is 0. The fourth-order valence-electron chi connectivity index (χ4n) is 2.54. The molecule has 0 bridgehead atoms. The van der Waals surface area contributed by atoms with E-state index in [9.17, 15) is 0 Å². The van der Waals surface area contributed by atoms with Crippen molar-refractivity contribution in [3.05, 3.63) is 0 Å². The zero-order valence-electron chi connectivity index (χ0n) is 9.26. The zero-order valence-corrected chi connectivity index (χ0v) is 12.4. The lowest BCUT2D eigenvalue weighted by molar-refractivity contribution is -0.144. The highest BCUT2D eigenvalue weighted by Gasteiger charge is 2.70. The highest BCUT2D eigenvalue weighted by Crippen LogP contribution is 2.76. The number of rotatable bonds is 5. The molecule has 0 aromatic carbocycles. The van der Waals surface area contributed by atoms with Gasteiger partial charge >= 0.3 is 0 Å². The largest absolute Gasteiger partial charge is 0.353 e. The Labute approximate surface area is 108 Å². The maximum Gasteiger partial charge on any atom is 0.154 e. The predicted octanol–water partition coefficient (Wildman–Crippen LogP) is 3.67. The molecular formula is C11H18Br2O2. The first-order valence-corrected chi connectivity index (χ1v) is 7.19. The standard InChI is InChI=1S/C11H18Br2O2/c1-3-14-8(2)15-6-9-4-10(5-9)7-11(10,12)13/h8-9H,3-7H2,1-2H3/t8-,9?,10?/m1/s1. The normalized spacial score (nSPS) is 38.8. The highest BCUT2D eigenvalue weighted by atomic mass is 79.9. The van der Waals surface area contributed by atoms with E-state index in [4.69, 9.17) is 9.47 Å². The molecule has 2 fully saturated rings. The van der Waals surface area contributed by atoms with E-state index in [0.717, 1.165) is 19.1 Å². The van der Waals surface area contributed by atoms with Crippen molar-refractivity contribution in [3.63, 3.8) is 0 Å². The molecule has 1 spiro atoms. The number of halogens is 2. The maximum atomic E-state index is 5.62.